The molecule has 7 heteroatoms. The maximum atomic E-state index is 9.10. The van der Waals surface area contributed by atoms with Crippen molar-refractivity contribution in [1.82, 2.24) is 4.90 Å². The molecule has 2 N–H and O–H groups in total. The Balaban J connectivity index is 0.000000413. The highest BCUT2D eigenvalue weighted by atomic mass is 16.5. The molecule has 1 aliphatic heterocycles. The first-order chi connectivity index (χ1) is 11.4. The van der Waals surface area contributed by atoms with Crippen molar-refractivity contribution in [2.45, 2.75) is 26.3 Å². The van der Waals surface area contributed by atoms with E-state index in [1.54, 1.807) is 14.2 Å². The minimum absolute atomic E-state index is 0.820. The first-order valence-corrected chi connectivity index (χ1v) is 7.77. The van der Waals surface area contributed by atoms with E-state index in [1.807, 2.05) is 12.1 Å². The summed E-state index contributed by atoms with van der Waals surface area (Å²) in [5.41, 5.74) is 1.21. The Labute approximate surface area is 141 Å². The van der Waals surface area contributed by atoms with Crippen LogP contribution < -0.4 is 9.47 Å². The number of para-hydroxylation sites is 1. The molecule has 1 aromatic carbocycles. The lowest BCUT2D eigenvalue weighted by Gasteiger charge is -2.30. The van der Waals surface area contributed by atoms with Gasteiger partial charge < -0.3 is 19.7 Å². The Bertz CT molecular complexity index is 540. The van der Waals surface area contributed by atoms with Crippen molar-refractivity contribution in [1.29, 1.82) is 0 Å². The van der Waals surface area contributed by atoms with Crippen LogP contribution in [-0.2, 0) is 16.1 Å². The van der Waals surface area contributed by atoms with E-state index in [4.69, 9.17) is 29.3 Å². The highest BCUT2D eigenvalue weighted by Crippen LogP contribution is 2.32. The van der Waals surface area contributed by atoms with Gasteiger partial charge in [-0.05, 0) is 37.9 Å². The second kappa shape index (κ2) is 9.77. The molecule has 0 unspecified atom stereocenters. The van der Waals surface area contributed by atoms with Gasteiger partial charge in [-0.3, -0.25) is 4.90 Å². The third-order valence-electron chi connectivity index (χ3n) is 3.94. The Morgan fingerprint density at radius 3 is 2.17 bits per heavy atom. The van der Waals surface area contributed by atoms with Crippen molar-refractivity contribution in [2.75, 3.05) is 27.3 Å². The summed E-state index contributed by atoms with van der Waals surface area (Å²) >= 11 is 0. The van der Waals surface area contributed by atoms with E-state index < -0.39 is 11.9 Å². The monoisotopic (exact) mass is 339 g/mol. The number of ether oxygens (including phenoxy) is 2. The molecule has 1 aromatic rings. The molecule has 0 spiro atoms. The van der Waals surface area contributed by atoms with Gasteiger partial charge in [0.2, 0.25) is 0 Å². The van der Waals surface area contributed by atoms with Gasteiger partial charge in [0.1, 0.15) is 0 Å². The van der Waals surface area contributed by atoms with Gasteiger partial charge in [-0.1, -0.05) is 19.1 Å². The third kappa shape index (κ3) is 6.08. The number of likely N-dealkylation sites (tertiary alicyclic amines) is 1. The van der Waals surface area contributed by atoms with E-state index in [9.17, 15) is 0 Å². The van der Waals surface area contributed by atoms with E-state index in [1.165, 1.54) is 31.5 Å². The van der Waals surface area contributed by atoms with Crippen molar-refractivity contribution in [3.8, 4) is 11.5 Å². The predicted octanol–water partition coefficient (Wildman–Crippen LogP) is 2.09. The number of rotatable bonds is 4. The topological polar surface area (TPSA) is 96.3 Å². The van der Waals surface area contributed by atoms with Crippen LogP contribution in [-0.4, -0.2) is 54.4 Å². The van der Waals surface area contributed by atoms with Crippen molar-refractivity contribution in [3.05, 3.63) is 23.8 Å². The predicted molar refractivity (Wildman–Crippen MR) is 88.5 cm³/mol. The molecule has 1 fully saturated rings. The summed E-state index contributed by atoms with van der Waals surface area (Å²) in [6.45, 7) is 5.65. The Morgan fingerprint density at radius 2 is 1.71 bits per heavy atom. The van der Waals surface area contributed by atoms with Crippen molar-refractivity contribution in [3.63, 3.8) is 0 Å². The van der Waals surface area contributed by atoms with Crippen LogP contribution in [0.15, 0.2) is 18.2 Å². The van der Waals surface area contributed by atoms with E-state index in [2.05, 4.69) is 17.9 Å². The molecule has 0 aromatic heterocycles. The van der Waals surface area contributed by atoms with E-state index in [-0.39, 0.29) is 0 Å². The standard InChI is InChI=1S/C15H23NO2.C2H2O4/c1-12-7-9-16(10-8-12)11-13-5-4-6-14(17-2)15(13)18-3;3-1(4)2(5)6/h4-6,12H,7-11H2,1-3H3;(H,3,4)(H,5,6). The number of methoxy groups -OCH3 is 2. The number of hydrogen-bond acceptors (Lipinski definition) is 5. The third-order valence-corrected chi connectivity index (χ3v) is 3.94. The van der Waals surface area contributed by atoms with Crippen LogP contribution in [0.3, 0.4) is 0 Å². The summed E-state index contributed by atoms with van der Waals surface area (Å²) in [6, 6.07) is 6.10. The van der Waals surface area contributed by atoms with E-state index >= 15 is 0 Å². The average Bonchev–Trinajstić information content (AvgIpc) is 2.57. The van der Waals surface area contributed by atoms with Crippen LogP contribution in [0.1, 0.15) is 25.3 Å². The van der Waals surface area contributed by atoms with Crippen LogP contribution in [0.4, 0.5) is 0 Å². The van der Waals surface area contributed by atoms with Crippen molar-refractivity contribution >= 4 is 11.9 Å². The van der Waals surface area contributed by atoms with Crippen LogP contribution in [0.2, 0.25) is 0 Å². The Morgan fingerprint density at radius 1 is 1.12 bits per heavy atom. The molecule has 1 heterocycles. The van der Waals surface area contributed by atoms with Crippen LogP contribution in [0, 0.1) is 5.92 Å². The zero-order chi connectivity index (χ0) is 18.1. The summed E-state index contributed by atoms with van der Waals surface area (Å²) in [7, 11) is 3.39. The molecular formula is C17H25NO6. The highest BCUT2D eigenvalue weighted by Gasteiger charge is 2.18. The zero-order valence-corrected chi connectivity index (χ0v) is 14.3. The maximum absolute atomic E-state index is 9.10. The lowest BCUT2D eigenvalue weighted by molar-refractivity contribution is -0.159. The fourth-order valence-electron chi connectivity index (χ4n) is 2.54. The molecule has 0 radical (unpaired) electrons. The first kappa shape index (κ1) is 19.8. The molecule has 7 nitrogen and oxygen atoms in total. The number of piperidine rings is 1. The quantitative estimate of drug-likeness (QED) is 0.811. The molecule has 0 bridgehead atoms. The van der Waals surface area contributed by atoms with E-state index in [0.29, 0.717) is 0 Å². The highest BCUT2D eigenvalue weighted by molar-refractivity contribution is 6.27. The van der Waals surface area contributed by atoms with Gasteiger partial charge >= 0.3 is 11.9 Å². The summed E-state index contributed by atoms with van der Waals surface area (Å²) in [5, 5.41) is 14.8. The van der Waals surface area contributed by atoms with Crippen LogP contribution >= 0.6 is 0 Å². The molecule has 0 atom stereocenters. The van der Waals surface area contributed by atoms with Gasteiger partial charge in [-0.25, -0.2) is 9.59 Å². The number of carbonyl (C=O) groups is 2. The number of hydrogen-bond donors (Lipinski definition) is 2. The zero-order valence-electron chi connectivity index (χ0n) is 14.3. The normalized spacial score (nSPS) is 15.1. The lowest BCUT2D eigenvalue weighted by Crippen LogP contribution is -2.32. The number of carboxylic acids is 2. The van der Waals surface area contributed by atoms with Crippen LogP contribution in [0.25, 0.3) is 0 Å². The number of aliphatic carboxylic acids is 2. The SMILES string of the molecule is COc1cccc(CN2CCC(C)CC2)c1OC.O=C(O)C(=O)O. The maximum Gasteiger partial charge on any atom is 0.414 e. The van der Waals surface area contributed by atoms with Gasteiger partial charge in [0.25, 0.3) is 0 Å². The molecular weight excluding hydrogens is 314 g/mol. The summed E-state index contributed by atoms with van der Waals surface area (Å²) in [4.78, 5) is 20.7. The minimum Gasteiger partial charge on any atom is -0.493 e. The molecule has 0 saturated carbocycles. The molecule has 1 saturated heterocycles. The smallest absolute Gasteiger partial charge is 0.414 e. The molecule has 0 aliphatic carbocycles. The second-order valence-corrected chi connectivity index (χ2v) is 5.72. The fraction of sp³-hybridized carbons (Fsp3) is 0.529. The van der Waals surface area contributed by atoms with Crippen molar-refractivity contribution in [2.24, 2.45) is 5.92 Å². The molecule has 0 amide bonds. The fourth-order valence-corrected chi connectivity index (χ4v) is 2.54. The number of carboxylic acid groups (broad SMARTS) is 2. The largest absolute Gasteiger partial charge is 0.493 e. The van der Waals surface area contributed by atoms with Crippen LogP contribution in [0.5, 0.6) is 11.5 Å². The van der Waals surface area contributed by atoms with Gasteiger partial charge in [0.15, 0.2) is 11.5 Å². The number of nitrogens with zero attached hydrogens (tertiary/aromatic N) is 1. The van der Waals surface area contributed by atoms with E-state index in [0.717, 1.165) is 24.0 Å². The molecule has 24 heavy (non-hydrogen) atoms. The second-order valence-electron chi connectivity index (χ2n) is 5.72. The first-order valence-electron chi connectivity index (χ1n) is 7.77. The summed E-state index contributed by atoms with van der Waals surface area (Å²) < 4.78 is 10.8. The average molecular weight is 339 g/mol. The molecule has 134 valence electrons. The van der Waals surface area contributed by atoms with Gasteiger partial charge in [0, 0.05) is 12.1 Å². The Kier molecular flexibility index (Phi) is 8.05. The summed E-state index contributed by atoms with van der Waals surface area (Å²) in [5.74, 6) is -1.09. The Hall–Kier alpha value is -2.28. The van der Waals surface area contributed by atoms with Gasteiger partial charge in [-0.15, -0.1) is 0 Å². The summed E-state index contributed by atoms with van der Waals surface area (Å²) in [6.07, 6.45) is 2.60. The van der Waals surface area contributed by atoms with Crippen molar-refractivity contribution < 1.29 is 29.3 Å². The molecule has 2 rings (SSSR count). The molecule has 1 aliphatic rings. The number of benzene rings is 1. The van der Waals surface area contributed by atoms with Gasteiger partial charge in [-0.2, -0.15) is 0 Å². The minimum atomic E-state index is -1.82. The lowest BCUT2D eigenvalue weighted by atomic mass is 9.99. The van der Waals surface area contributed by atoms with Gasteiger partial charge in [0.05, 0.1) is 14.2 Å².